The van der Waals surface area contributed by atoms with Crippen molar-refractivity contribution >= 4 is 17.7 Å². The van der Waals surface area contributed by atoms with Crippen LogP contribution in [0.1, 0.15) is 77.3 Å². The molecule has 0 fully saturated rings. The molecule has 2 aromatic carbocycles. The van der Waals surface area contributed by atoms with Gasteiger partial charge in [0.2, 0.25) is 0 Å². The molecule has 0 bridgehead atoms. The molecule has 0 N–H and O–H groups in total. The minimum absolute atomic E-state index is 0.00596. The van der Waals surface area contributed by atoms with Gasteiger partial charge in [-0.15, -0.1) is 6.58 Å². The lowest BCUT2D eigenvalue weighted by molar-refractivity contribution is -0.158. The number of carbonyl (C=O) groups excluding carboxylic acids is 3. The van der Waals surface area contributed by atoms with Crippen LogP contribution in [-0.2, 0) is 46.5 Å². The van der Waals surface area contributed by atoms with Crippen LogP contribution in [0.3, 0.4) is 0 Å². The van der Waals surface area contributed by atoms with E-state index in [9.17, 15) is 14.4 Å². The maximum Gasteiger partial charge on any atom is 0.306 e. The Morgan fingerprint density at radius 3 is 1.39 bits per heavy atom. The number of rotatable bonds is 22. The fourth-order valence-electron chi connectivity index (χ4n) is 4.29. The van der Waals surface area contributed by atoms with E-state index in [1.807, 2.05) is 81.5 Å². The third kappa shape index (κ3) is 15.4. The smallest absolute Gasteiger partial charge is 0.306 e. The number of methoxy groups -OCH3 is 2. The van der Waals surface area contributed by atoms with Crippen molar-refractivity contribution in [2.45, 2.75) is 104 Å². The van der Waals surface area contributed by atoms with E-state index >= 15 is 0 Å². The molecule has 9 heteroatoms. The Morgan fingerprint density at radius 2 is 1.04 bits per heavy atom. The zero-order chi connectivity index (χ0) is 33.9. The molecule has 2 rings (SSSR count). The summed E-state index contributed by atoms with van der Waals surface area (Å²) in [7, 11) is 3.23. The van der Waals surface area contributed by atoms with Gasteiger partial charge in [-0.3, -0.25) is 9.59 Å². The fraction of sp³-hybridized carbons (Fsp3) is 0.486. The molecule has 46 heavy (non-hydrogen) atoms. The van der Waals surface area contributed by atoms with E-state index in [-0.39, 0.29) is 31.0 Å². The predicted molar refractivity (Wildman–Crippen MR) is 177 cm³/mol. The minimum Gasteiger partial charge on any atom is -0.497 e. The number of hydrogen-bond acceptors (Lipinski definition) is 9. The second kappa shape index (κ2) is 21.0. The summed E-state index contributed by atoms with van der Waals surface area (Å²) in [5, 5.41) is 0. The summed E-state index contributed by atoms with van der Waals surface area (Å²) in [6.07, 6.45) is 3.51. The summed E-state index contributed by atoms with van der Waals surface area (Å²) < 4.78 is 34.2. The van der Waals surface area contributed by atoms with Crippen molar-refractivity contribution in [2.24, 2.45) is 0 Å². The molecular formula is C37H50O9. The first-order chi connectivity index (χ1) is 22.0. The van der Waals surface area contributed by atoms with E-state index in [1.54, 1.807) is 14.2 Å². The highest BCUT2D eigenvalue weighted by Gasteiger charge is 2.24. The molecule has 0 heterocycles. The summed E-state index contributed by atoms with van der Waals surface area (Å²) in [6, 6.07) is 15.1. The predicted octanol–water partition coefficient (Wildman–Crippen LogP) is 7.10. The zero-order valence-corrected chi connectivity index (χ0v) is 28.1. The van der Waals surface area contributed by atoms with E-state index in [1.165, 1.54) is 6.92 Å². The molecule has 0 saturated carbocycles. The summed E-state index contributed by atoms with van der Waals surface area (Å²) >= 11 is 0. The van der Waals surface area contributed by atoms with Crippen molar-refractivity contribution in [3.05, 3.63) is 84.0 Å². The van der Waals surface area contributed by atoms with Crippen LogP contribution in [0.25, 0.3) is 0 Å². The summed E-state index contributed by atoms with van der Waals surface area (Å²) in [6.45, 7) is 11.6. The van der Waals surface area contributed by atoms with Gasteiger partial charge >= 0.3 is 11.9 Å². The average Bonchev–Trinajstić information content (AvgIpc) is 3.05. The van der Waals surface area contributed by atoms with Crippen LogP contribution in [0.4, 0.5) is 0 Å². The van der Waals surface area contributed by atoms with Crippen molar-refractivity contribution in [1.29, 1.82) is 0 Å². The van der Waals surface area contributed by atoms with Crippen molar-refractivity contribution in [2.75, 3.05) is 14.2 Å². The SMILES string of the molecule is C=C(C)CCC(=O)O[C@@H](C/C=C/C[C@H](OC(=O)CCC(C)=O)[C@H](C)OCc1ccc(OC)cc1)[C@H](C)OCc1ccc(OC)cc1. The number of Topliss-reactive ketones (excluding diaryl/α,β-unsaturated/α-hetero) is 1. The van der Waals surface area contributed by atoms with Crippen LogP contribution in [-0.4, -0.2) is 56.4 Å². The molecule has 0 aliphatic carbocycles. The van der Waals surface area contributed by atoms with Gasteiger partial charge in [-0.1, -0.05) is 42.0 Å². The molecule has 0 aromatic heterocycles. The van der Waals surface area contributed by atoms with Gasteiger partial charge in [0.15, 0.2) is 0 Å². The highest BCUT2D eigenvalue weighted by molar-refractivity contribution is 5.81. The quantitative estimate of drug-likeness (QED) is 0.0986. The van der Waals surface area contributed by atoms with E-state index in [2.05, 4.69) is 6.58 Å². The summed E-state index contributed by atoms with van der Waals surface area (Å²) in [4.78, 5) is 36.6. The second-order valence-electron chi connectivity index (χ2n) is 11.4. The van der Waals surface area contributed by atoms with Gasteiger partial charge in [-0.25, -0.2) is 0 Å². The normalized spacial score (nSPS) is 13.8. The van der Waals surface area contributed by atoms with Gasteiger partial charge in [0.1, 0.15) is 29.5 Å². The first kappa shape index (κ1) is 38.2. The van der Waals surface area contributed by atoms with Crippen molar-refractivity contribution in [3.63, 3.8) is 0 Å². The van der Waals surface area contributed by atoms with Crippen LogP contribution in [0.15, 0.2) is 72.8 Å². The van der Waals surface area contributed by atoms with Crippen LogP contribution < -0.4 is 9.47 Å². The largest absolute Gasteiger partial charge is 0.497 e. The highest BCUT2D eigenvalue weighted by Crippen LogP contribution is 2.19. The molecule has 2 aromatic rings. The Morgan fingerprint density at radius 1 is 0.652 bits per heavy atom. The molecule has 252 valence electrons. The Balaban J connectivity index is 2.07. The lowest BCUT2D eigenvalue weighted by atomic mass is 10.1. The van der Waals surface area contributed by atoms with Gasteiger partial charge in [0.25, 0.3) is 0 Å². The lowest BCUT2D eigenvalue weighted by Gasteiger charge is -2.25. The van der Waals surface area contributed by atoms with Crippen LogP contribution in [0, 0.1) is 0 Å². The summed E-state index contributed by atoms with van der Waals surface area (Å²) in [5.41, 5.74) is 2.82. The Bertz CT molecular complexity index is 1150. The molecule has 0 aliphatic rings. The molecule has 9 nitrogen and oxygen atoms in total. The van der Waals surface area contributed by atoms with Gasteiger partial charge in [0, 0.05) is 25.7 Å². The highest BCUT2D eigenvalue weighted by atomic mass is 16.6. The number of allylic oxidation sites excluding steroid dienone is 1. The second-order valence-corrected chi connectivity index (χ2v) is 11.4. The van der Waals surface area contributed by atoms with Crippen molar-refractivity contribution in [1.82, 2.24) is 0 Å². The molecule has 0 unspecified atom stereocenters. The fourth-order valence-corrected chi connectivity index (χ4v) is 4.29. The number of esters is 2. The number of ether oxygens (including phenoxy) is 6. The van der Waals surface area contributed by atoms with Crippen molar-refractivity contribution < 1.29 is 42.8 Å². The van der Waals surface area contributed by atoms with E-state index < -0.39 is 30.4 Å². The molecular weight excluding hydrogens is 588 g/mol. The van der Waals surface area contributed by atoms with Crippen LogP contribution in [0.5, 0.6) is 11.5 Å². The third-order valence-corrected chi connectivity index (χ3v) is 7.30. The Kier molecular flexibility index (Phi) is 17.4. The monoisotopic (exact) mass is 638 g/mol. The number of benzene rings is 2. The zero-order valence-electron chi connectivity index (χ0n) is 28.1. The maximum atomic E-state index is 12.6. The molecule has 0 radical (unpaired) electrons. The van der Waals surface area contributed by atoms with Gasteiger partial charge in [0.05, 0.1) is 46.1 Å². The molecule has 0 amide bonds. The number of ketones is 1. The molecule has 0 aliphatic heterocycles. The van der Waals surface area contributed by atoms with E-state index in [4.69, 9.17) is 28.4 Å². The summed E-state index contributed by atoms with van der Waals surface area (Å²) in [5.74, 6) is 0.649. The molecule has 4 atom stereocenters. The molecule has 0 saturated heterocycles. The van der Waals surface area contributed by atoms with E-state index in [0.29, 0.717) is 32.5 Å². The Hall–Kier alpha value is -3.95. The topological polar surface area (TPSA) is 107 Å². The number of hydrogen-bond donors (Lipinski definition) is 0. The first-order valence-electron chi connectivity index (χ1n) is 15.7. The molecule has 0 spiro atoms. The van der Waals surface area contributed by atoms with Gasteiger partial charge in [-0.2, -0.15) is 0 Å². The standard InChI is InChI=1S/C37H50O9/c1-26(2)12-22-36(39)45-34(28(4)43-24-30-14-18-32(41-6)19-15-30)10-8-9-11-35(46-37(40)23-13-27(3)38)29(5)44-25-31-16-20-33(42-7)21-17-31/h8-9,14-21,28-29,34-35H,1,10-13,22-25H2,2-7H3/b9-8+/t28-,29-,34-,35-/m0/s1. The van der Waals surface area contributed by atoms with E-state index in [0.717, 1.165) is 28.2 Å². The van der Waals surface area contributed by atoms with Crippen molar-refractivity contribution in [3.8, 4) is 11.5 Å². The average molecular weight is 639 g/mol. The van der Waals surface area contributed by atoms with Gasteiger partial charge in [-0.05, 0) is 69.5 Å². The Labute approximate surface area is 273 Å². The third-order valence-electron chi connectivity index (χ3n) is 7.30. The maximum absolute atomic E-state index is 12.6. The van der Waals surface area contributed by atoms with Crippen LogP contribution in [0.2, 0.25) is 0 Å². The van der Waals surface area contributed by atoms with Gasteiger partial charge < -0.3 is 33.2 Å². The number of carbonyl (C=O) groups is 3. The lowest BCUT2D eigenvalue weighted by Crippen LogP contribution is -2.32. The minimum atomic E-state index is -0.589. The van der Waals surface area contributed by atoms with Crippen LogP contribution >= 0.6 is 0 Å². The first-order valence-corrected chi connectivity index (χ1v) is 15.7.